The minimum absolute atomic E-state index is 0.151. The molecule has 5 nitrogen and oxygen atoms in total. The molecule has 0 fully saturated rings. The molecule has 1 rings (SSSR count). The topological polar surface area (TPSA) is 93.8 Å². The van der Waals surface area contributed by atoms with Crippen LogP contribution >= 0.6 is 0 Å². The van der Waals surface area contributed by atoms with Gasteiger partial charge < -0.3 is 20.1 Å². The third-order valence-electron chi connectivity index (χ3n) is 1.78. The van der Waals surface area contributed by atoms with Gasteiger partial charge in [0.1, 0.15) is 0 Å². The van der Waals surface area contributed by atoms with Gasteiger partial charge in [0.15, 0.2) is 17.2 Å². The van der Waals surface area contributed by atoms with Gasteiger partial charge in [0.25, 0.3) is 0 Å². The zero-order chi connectivity index (χ0) is 11.4. The van der Waals surface area contributed by atoms with Crippen molar-refractivity contribution in [3.63, 3.8) is 0 Å². The number of nitrogens with one attached hydrogen (secondary N) is 1. The number of ether oxygens (including phenoxy) is 1. The Bertz CT molecular complexity index is 353. The van der Waals surface area contributed by atoms with E-state index in [-0.39, 0.29) is 11.5 Å². The number of phenolic OH excluding ortho intramolecular Hbond substituents is 3. The first-order chi connectivity index (χ1) is 7.06. The largest absolute Gasteiger partial charge is 0.504 e. The third-order valence-corrected chi connectivity index (χ3v) is 1.78. The zero-order valence-corrected chi connectivity index (χ0v) is 8.32. The summed E-state index contributed by atoms with van der Waals surface area (Å²) in [5.41, 5.74) is 0.219. The molecule has 0 saturated heterocycles. The summed E-state index contributed by atoms with van der Waals surface area (Å²) in [6, 6.07) is 2.32. The molecule has 0 saturated carbocycles. The van der Waals surface area contributed by atoms with Crippen LogP contribution in [0.5, 0.6) is 17.2 Å². The summed E-state index contributed by atoms with van der Waals surface area (Å²) in [6.45, 7) is 2.29. The standard InChI is InChI=1S/C10H13NO4/c1-2-3-15-10(11)6-4-7(12)9(14)8(13)5-6/h4-5,11-14H,2-3H2,1H3. The molecule has 82 valence electrons. The molecule has 0 heterocycles. The third kappa shape index (κ3) is 2.52. The van der Waals surface area contributed by atoms with Crippen LogP contribution in [0.15, 0.2) is 12.1 Å². The molecule has 4 N–H and O–H groups in total. The predicted molar refractivity (Wildman–Crippen MR) is 54.5 cm³/mol. The van der Waals surface area contributed by atoms with E-state index in [0.29, 0.717) is 6.61 Å². The van der Waals surface area contributed by atoms with E-state index < -0.39 is 17.2 Å². The Balaban J connectivity index is 2.91. The lowest BCUT2D eigenvalue weighted by Crippen LogP contribution is -2.05. The maximum absolute atomic E-state index is 9.19. The minimum atomic E-state index is -0.595. The van der Waals surface area contributed by atoms with Crippen molar-refractivity contribution in [1.29, 1.82) is 5.41 Å². The zero-order valence-electron chi connectivity index (χ0n) is 8.32. The number of benzene rings is 1. The molecule has 0 radical (unpaired) electrons. The summed E-state index contributed by atoms with van der Waals surface area (Å²) < 4.78 is 5.01. The van der Waals surface area contributed by atoms with Crippen molar-refractivity contribution < 1.29 is 20.1 Å². The summed E-state index contributed by atoms with van der Waals surface area (Å²) in [4.78, 5) is 0. The van der Waals surface area contributed by atoms with Crippen LogP contribution < -0.4 is 0 Å². The Morgan fingerprint density at radius 3 is 2.27 bits per heavy atom. The second-order valence-corrected chi connectivity index (χ2v) is 3.04. The van der Waals surface area contributed by atoms with Gasteiger partial charge in [0, 0.05) is 5.56 Å². The van der Waals surface area contributed by atoms with Crippen molar-refractivity contribution in [2.75, 3.05) is 6.61 Å². The summed E-state index contributed by atoms with van der Waals surface area (Å²) in [5, 5.41) is 34.9. The van der Waals surface area contributed by atoms with E-state index in [1.54, 1.807) is 0 Å². The van der Waals surface area contributed by atoms with Gasteiger partial charge >= 0.3 is 0 Å². The molecular formula is C10H13NO4. The predicted octanol–water partition coefficient (Wildman–Crippen LogP) is 1.56. The number of hydrogen-bond donors (Lipinski definition) is 4. The molecule has 0 spiro atoms. The molecule has 0 aliphatic rings. The fourth-order valence-corrected chi connectivity index (χ4v) is 1.02. The summed E-state index contributed by atoms with van der Waals surface area (Å²) in [7, 11) is 0. The Kier molecular flexibility index (Phi) is 3.38. The second kappa shape index (κ2) is 4.54. The van der Waals surface area contributed by atoms with E-state index in [2.05, 4.69) is 0 Å². The van der Waals surface area contributed by atoms with Crippen LogP contribution in [0.4, 0.5) is 0 Å². The first-order valence-electron chi connectivity index (χ1n) is 4.53. The first-order valence-corrected chi connectivity index (χ1v) is 4.53. The molecule has 0 unspecified atom stereocenters. The Hall–Kier alpha value is -1.91. The summed E-state index contributed by atoms with van der Waals surface area (Å²) in [5.74, 6) is -1.70. The molecule has 0 aliphatic heterocycles. The fourth-order valence-electron chi connectivity index (χ4n) is 1.02. The Morgan fingerprint density at radius 2 is 1.80 bits per heavy atom. The lowest BCUT2D eigenvalue weighted by atomic mass is 10.2. The Morgan fingerprint density at radius 1 is 1.27 bits per heavy atom. The summed E-state index contributed by atoms with van der Waals surface area (Å²) in [6.07, 6.45) is 0.762. The molecule has 0 amide bonds. The van der Waals surface area contributed by atoms with Crippen molar-refractivity contribution in [3.8, 4) is 17.2 Å². The SMILES string of the molecule is CCCOC(=N)c1cc(O)c(O)c(O)c1. The molecule has 1 aromatic rings. The van der Waals surface area contributed by atoms with E-state index in [1.807, 2.05) is 6.92 Å². The van der Waals surface area contributed by atoms with Gasteiger partial charge in [0.05, 0.1) is 6.61 Å². The van der Waals surface area contributed by atoms with E-state index in [4.69, 9.17) is 15.3 Å². The number of rotatable bonds is 3. The molecule has 0 atom stereocenters. The normalized spacial score (nSPS) is 9.93. The lowest BCUT2D eigenvalue weighted by Gasteiger charge is -2.08. The number of aromatic hydroxyl groups is 3. The van der Waals surface area contributed by atoms with Crippen LogP contribution in [0.3, 0.4) is 0 Å². The van der Waals surface area contributed by atoms with Crippen LogP contribution in [0, 0.1) is 5.41 Å². The molecular weight excluding hydrogens is 198 g/mol. The van der Waals surface area contributed by atoms with E-state index in [0.717, 1.165) is 18.6 Å². The minimum Gasteiger partial charge on any atom is -0.504 e. The fraction of sp³-hybridized carbons (Fsp3) is 0.300. The average molecular weight is 211 g/mol. The molecule has 0 aromatic heterocycles. The van der Waals surface area contributed by atoms with Gasteiger partial charge in [-0.3, -0.25) is 5.41 Å². The van der Waals surface area contributed by atoms with Gasteiger partial charge in [-0.25, -0.2) is 0 Å². The quantitative estimate of drug-likeness (QED) is 0.346. The molecule has 0 aliphatic carbocycles. The monoisotopic (exact) mass is 211 g/mol. The van der Waals surface area contributed by atoms with E-state index in [1.165, 1.54) is 0 Å². The second-order valence-electron chi connectivity index (χ2n) is 3.04. The van der Waals surface area contributed by atoms with Crippen LogP contribution in [-0.2, 0) is 4.74 Å². The number of phenols is 3. The van der Waals surface area contributed by atoms with E-state index >= 15 is 0 Å². The molecule has 15 heavy (non-hydrogen) atoms. The summed E-state index contributed by atoms with van der Waals surface area (Å²) >= 11 is 0. The maximum atomic E-state index is 9.19. The van der Waals surface area contributed by atoms with E-state index in [9.17, 15) is 10.2 Å². The smallest absolute Gasteiger partial charge is 0.213 e. The molecule has 0 bridgehead atoms. The van der Waals surface area contributed by atoms with Gasteiger partial charge in [-0.2, -0.15) is 0 Å². The van der Waals surface area contributed by atoms with Crippen LogP contribution in [0.2, 0.25) is 0 Å². The Labute approximate surface area is 87.1 Å². The first kappa shape index (κ1) is 11.2. The van der Waals surface area contributed by atoms with Gasteiger partial charge in [-0.1, -0.05) is 6.92 Å². The van der Waals surface area contributed by atoms with Crippen molar-refractivity contribution in [2.24, 2.45) is 0 Å². The van der Waals surface area contributed by atoms with Gasteiger partial charge in [-0.05, 0) is 18.6 Å². The molecule has 1 aromatic carbocycles. The van der Waals surface area contributed by atoms with Crippen LogP contribution in [0.1, 0.15) is 18.9 Å². The average Bonchev–Trinajstić information content (AvgIpc) is 2.21. The van der Waals surface area contributed by atoms with Gasteiger partial charge in [0.2, 0.25) is 5.90 Å². The van der Waals surface area contributed by atoms with Crippen molar-refractivity contribution >= 4 is 5.90 Å². The maximum Gasteiger partial charge on any atom is 0.213 e. The number of hydrogen-bond acceptors (Lipinski definition) is 5. The highest BCUT2D eigenvalue weighted by molar-refractivity contribution is 5.93. The van der Waals surface area contributed by atoms with Crippen LogP contribution in [0.25, 0.3) is 0 Å². The van der Waals surface area contributed by atoms with Crippen molar-refractivity contribution in [1.82, 2.24) is 0 Å². The van der Waals surface area contributed by atoms with Crippen molar-refractivity contribution in [3.05, 3.63) is 17.7 Å². The van der Waals surface area contributed by atoms with Gasteiger partial charge in [-0.15, -0.1) is 0 Å². The highest BCUT2D eigenvalue weighted by Gasteiger charge is 2.11. The highest BCUT2D eigenvalue weighted by Crippen LogP contribution is 2.35. The van der Waals surface area contributed by atoms with Crippen molar-refractivity contribution in [2.45, 2.75) is 13.3 Å². The highest BCUT2D eigenvalue weighted by atomic mass is 16.5. The lowest BCUT2D eigenvalue weighted by molar-refractivity contribution is 0.302. The van der Waals surface area contributed by atoms with Crippen LogP contribution in [-0.4, -0.2) is 27.8 Å². The molecule has 5 heteroatoms.